The molecule has 2 aliphatic rings. The first-order valence-corrected chi connectivity index (χ1v) is 21.0. The van der Waals surface area contributed by atoms with E-state index in [-0.39, 0.29) is 23.8 Å². The van der Waals surface area contributed by atoms with E-state index >= 15 is 0 Å². The van der Waals surface area contributed by atoms with Gasteiger partial charge in [-0.1, -0.05) is 75.4 Å². The van der Waals surface area contributed by atoms with E-state index in [0.29, 0.717) is 11.5 Å². The molecule has 2 amide bonds. The maximum atomic E-state index is 13.9. The minimum absolute atomic E-state index is 0.112. The molecule has 2 heterocycles. The summed E-state index contributed by atoms with van der Waals surface area (Å²) in [6.07, 6.45) is -3.21. The number of amides is 2. The molecule has 5 rings (SSSR count). The molecule has 14 heteroatoms. The predicted octanol–water partition coefficient (Wildman–Crippen LogP) is 5.20. The van der Waals surface area contributed by atoms with Gasteiger partial charge in [0.15, 0.2) is 26.0 Å². The Morgan fingerprint density at radius 1 is 0.909 bits per heavy atom. The predicted molar refractivity (Wildman–Crippen MR) is 208 cm³/mol. The number of methoxy groups -OCH3 is 2. The number of ether oxygens (including phenoxy) is 5. The van der Waals surface area contributed by atoms with Crippen molar-refractivity contribution in [1.29, 1.82) is 0 Å². The van der Waals surface area contributed by atoms with Crippen LogP contribution in [-0.4, -0.2) is 93.7 Å². The Morgan fingerprint density at radius 2 is 1.44 bits per heavy atom. The molecular formula is C41H53N3O10Si. The van der Waals surface area contributed by atoms with Crippen molar-refractivity contribution >= 4 is 26.1 Å². The summed E-state index contributed by atoms with van der Waals surface area (Å²) in [5.41, 5.74) is 5.72. The number of carbonyl (C=O) groups is 3. The first kappa shape index (κ1) is 41.6. The van der Waals surface area contributed by atoms with Crippen molar-refractivity contribution in [3.05, 3.63) is 107 Å². The Morgan fingerprint density at radius 3 is 1.91 bits per heavy atom. The van der Waals surface area contributed by atoms with Crippen molar-refractivity contribution in [3.63, 3.8) is 0 Å². The summed E-state index contributed by atoms with van der Waals surface area (Å²) in [6, 6.07) is 24.1. The number of hydrogen-bond acceptors (Lipinski definition) is 11. The quantitative estimate of drug-likeness (QED) is 0.112. The number of nitrogens with one attached hydrogen (secondary N) is 1. The van der Waals surface area contributed by atoms with Crippen LogP contribution in [0, 0.1) is 0 Å². The van der Waals surface area contributed by atoms with Gasteiger partial charge < -0.3 is 38.5 Å². The summed E-state index contributed by atoms with van der Waals surface area (Å²) in [4.78, 5) is 39.6. The molecule has 1 fully saturated rings. The van der Waals surface area contributed by atoms with Gasteiger partial charge >= 0.3 is 12.0 Å². The number of rotatable bonds is 14. The number of esters is 1. The van der Waals surface area contributed by atoms with E-state index < -0.39 is 61.9 Å². The highest BCUT2D eigenvalue weighted by Gasteiger charge is 2.55. The van der Waals surface area contributed by atoms with Gasteiger partial charge in [-0.15, -0.1) is 0 Å². The molecule has 2 aliphatic heterocycles. The highest BCUT2D eigenvalue weighted by molar-refractivity contribution is 6.74. The molecule has 0 spiro atoms. The van der Waals surface area contributed by atoms with Gasteiger partial charge in [-0.2, -0.15) is 0 Å². The molecule has 0 radical (unpaired) electrons. The van der Waals surface area contributed by atoms with Crippen molar-refractivity contribution < 1.29 is 47.6 Å². The molecule has 3 aromatic rings. The lowest BCUT2D eigenvalue weighted by Crippen LogP contribution is -2.69. The molecule has 0 aliphatic carbocycles. The van der Waals surface area contributed by atoms with Crippen molar-refractivity contribution in [3.8, 4) is 11.5 Å². The SMILES string of the molecule is COc1ccc(C(OC[C@H]2O[C@@H](N3C=C(COC(C)=O)C(N)(C(C)=O)NC3=O)[C@H](O[Si](C)(C)C(C)(C)C)[C@@H]2O)(c2ccccc2)c2ccc(OC)cc2)cc1. The van der Waals surface area contributed by atoms with Gasteiger partial charge in [0.1, 0.15) is 42.0 Å². The second kappa shape index (κ2) is 16.3. The highest BCUT2D eigenvalue weighted by atomic mass is 28.4. The fraction of sp³-hybridized carbons (Fsp3) is 0.439. The fourth-order valence-electron chi connectivity index (χ4n) is 6.48. The molecule has 55 heavy (non-hydrogen) atoms. The van der Waals surface area contributed by atoms with Crippen molar-refractivity contribution in [2.24, 2.45) is 5.73 Å². The number of hydrogen-bond donors (Lipinski definition) is 3. The molecule has 0 aromatic heterocycles. The van der Waals surface area contributed by atoms with E-state index in [1.165, 1.54) is 24.9 Å². The molecule has 3 aromatic carbocycles. The van der Waals surface area contributed by atoms with Crippen LogP contribution in [0.5, 0.6) is 11.5 Å². The average Bonchev–Trinajstić information content (AvgIpc) is 3.44. The van der Waals surface area contributed by atoms with Gasteiger partial charge in [0, 0.05) is 18.7 Å². The van der Waals surface area contributed by atoms with E-state index in [2.05, 4.69) is 26.1 Å². The number of Topliss-reactive ketones (excluding diaryl/α,β-unsaturated/α-hetero) is 1. The van der Waals surface area contributed by atoms with Crippen LogP contribution in [0.25, 0.3) is 0 Å². The van der Waals surface area contributed by atoms with E-state index in [1.807, 2.05) is 92.0 Å². The molecular weight excluding hydrogens is 723 g/mol. The Bertz CT molecular complexity index is 1820. The summed E-state index contributed by atoms with van der Waals surface area (Å²) in [7, 11) is 0.568. The zero-order chi connectivity index (χ0) is 40.3. The minimum atomic E-state index is -2.63. The van der Waals surface area contributed by atoms with Crippen molar-refractivity contribution in [1.82, 2.24) is 10.2 Å². The Hall–Kier alpha value is -4.57. The van der Waals surface area contributed by atoms with Crippen LogP contribution in [-0.2, 0) is 33.8 Å². The second-order valence-corrected chi connectivity index (χ2v) is 20.1. The third kappa shape index (κ3) is 8.34. The number of aliphatic hydroxyl groups is 1. The van der Waals surface area contributed by atoms with Crippen LogP contribution in [0.3, 0.4) is 0 Å². The monoisotopic (exact) mass is 775 g/mol. The number of carbonyl (C=O) groups excluding carboxylic acids is 3. The van der Waals surface area contributed by atoms with Crippen molar-refractivity contribution in [2.75, 3.05) is 27.4 Å². The highest BCUT2D eigenvalue weighted by Crippen LogP contribution is 2.44. The van der Waals surface area contributed by atoms with E-state index in [4.69, 9.17) is 33.8 Å². The number of nitrogens with zero attached hydrogens (tertiary/aromatic N) is 1. The van der Waals surface area contributed by atoms with Gasteiger partial charge in [-0.05, 0) is 66.0 Å². The molecule has 296 valence electrons. The zero-order valence-electron chi connectivity index (χ0n) is 33.0. The number of nitrogens with two attached hydrogens (primary N) is 1. The maximum absolute atomic E-state index is 13.9. The van der Waals surface area contributed by atoms with Gasteiger partial charge in [-0.3, -0.25) is 20.2 Å². The number of aliphatic hydroxyl groups excluding tert-OH is 1. The lowest BCUT2D eigenvalue weighted by atomic mass is 9.80. The summed E-state index contributed by atoms with van der Waals surface area (Å²) < 4.78 is 36.7. The lowest BCUT2D eigenvalue weighted by Gasteiger charge is -2.43. The molecule has 13 nitrogen and oxygen atoms in total. The minimum Gasteiger partial charge on any atom is -0.497 e. The lowest BCUT2D eigenvalue weighted by molar-refractivity contribution is -0.140. The largest absolute Gasteiger partial charge is 0.497 e. The first-order chi connectivity index (χ1) is 25.9. The number of ketones is 1. The second-order valence-electron chi connectivity index (χ2n) is 15.3. The molecule has 5 atom stereocenters. The summed E-state index contributed by atoms with van der Waals surface area (Å²) >= 11 is 0. The first-order valence-electron chi connectivity index (χ1n) is 18.1. The summed E-state index contributed by atoms with van der Waals surface area (Å²) in [5.74, 6) is 0.155. The van der Waals surface area contributed by atoms with Crippen LogP contribution in [0.15, 0.2) is 90.6 Å². The zero-order valence-corrected chi connectivity index (χ0v) is 34.0. The van der Waals surface area contributed by atoms with Gasteiger partial charge in [0.2, 0.25) is 0 Å². The number of benzene rings is 3. The molecule has 4 N–H and O–H groups in total. The third-order valence-corrected chi connectivity index (χ3v) is 15.3. The normalized spacial score (nSPS) is 23.1. The van der Waals surface area contributed by atoms with Crippen LogP contribution in [0.1, 0.15) is 51.3 Å². The Balaban J connectivity index is 1.60. The third-order valence-electron chi connectivity index (χ3n) is 10.8. The smallest absolute Gasteiger partial charge is 0.325 e. The van der Waals surface area contributed by atoms with Gasteiger partial charge in [0.25, 0.3) is 0 Å². The average molecular weight is 776 g/mol. The van der Waals surface area contributed by atoms with Crippen LogP contribution < -0.4 is 20.5 Å². The van der Waals surface area contributed by atoms with Gasteiger partial charge in [-0.25, -0.2) is 4.79 Å². The Kier molecular flexibility index (Phi) is 12.3. The molecule has 0 bridgehead atoms. The van der Waals surface area contributed by atoms with Crippen LogP contribution in [0.2, 0.25) is 18.1 Å². The summed E-state index contributed by atoms with van der Waals surface area (Å²) in [6.45, 7) is 12.2. The summed E-state index contributed by atoms with van der Waals surface area (Å²) in [5, 5.41) is 14.5. The van der Waals surface area contributed by atoms with Crippen LogP contribution in [0.4, 0.5) is 4.79 Å². The Labute approximate surface area is 323 Å². The van der Waals surface area contributed by atoms with E-state index in [0.717, 1.165) is 16.7 Å². The van der Waals surface area contributed by atoms with Crippen molar-refractivity contribution in [2.45, 2.75) is 88.6 Å². The molecule has 0 saturated carbocycles. The standard InChI is InChI=1S/C41H53N3O10Si/c1-26(45)41(42)31(24-51-27(2)46)23-44(38(48)43-41)37-36(54-55(8,9)39(3,4)5)35(47)34(53-37)25-52-40(28-13-11-10-12-14-28,29-15-19-32(49-6)20-16-29)30-17-21-33(50-7)22-18-30/h10-23,34-37,47H,24-25,42H2,1-9H3,(H,43,48)/t34-,35-,36-,37-,41?/m1/s1. The maximum Gasteiger partial charge on any atom is 0.325 e. The van der Waals surface area contributed by atoms with Crippen LogP contribution >= 0.6 is 0 Å². The topological polar surface area (TPSA) is 168 Å². The fourth-order valence-corrected chi connectivity index (χ4v) is 7.77. The molecule has 1 saturated heterocycles. The van der Waals surface area contributed by atoms with Gasteiger partial charge in [0.05, 0.1) is 20.8 Å². The molecule has 1 unspecified atom stereocenters. The number of urea groups is 1. The van der Waals surface area contributed by atoms with E-state index in [1.54, 1.807) is 14.2 Å². The van der Waals surface area contributed by atoms with E-state index in [9.17, 15) is 19.5 Å².